The number of hydrogen-bond donors (Lipinski definition) is 0. The molecule has 3 aromatic rings. The molecule has 27 heavy (non-hydrogen) atoms. The maximum atomic E-state index is 5.86. The van der Waals surface area contributed by atoms with Gasteiger partial charge in [-0.3, -0.25) is 4.98 Å². The van der Waals surface area contributed by atoms with Crippen LogP contribution in [0.4, 0.5) is 5.82 Å². The fourth-order valence-corrected chi connectivity index (χ4v) is 5.33. The lowest BCUT2D eigenvalue weighted by Crippen LogP contribution is -2.48. The number of fused-ring (bicyclic) bond motifs is 3. The van der Waals surface area contributed by atoms with Gasteiger partial charge in [-0.1, -0.05) is 0 Å². The van der Waals surface area contributed by atoms with E-state index in [4.69, 9.17) is 14.7 Å². The molecule has 5 rings (SSSR count). The minimum Gasteiger partial charge on any atom is -0.375 e. The molecule has 4 heterocycles. The monoisotopic (exact) mass is 381 g/mol. The highest BCUT2D eigenvalue weighted by Gasteiger charge is 2.30. The van der Waals surface area contributed by atoms with E-state index < -0.39 is 0 Å². The normalized spacial score (nSPS) is 22.8. The molecule has 0 unspecified atom stereocenters. The van der Waals surface area contributed by atoms with Crippen molar-refractivity contribution in [2.24, 2.45) is 0 Å². The van der Waals surface area contributed by atoms with Gasteiger partial charge in [-0.15, -0.1) is 11.3 Å². The lowest BCUT2D eigenvalue weighted by Gasteiger charge is -2.38. The molecule has 0 aromatic carbocycles. The molecule has 0 N–H and O–H groups in total. The Labute approximate surface area is 162 Å². The van der Waals surface area contributed by atoms with Crippen molar-refractivity contribution in [1.82, 2.24) is 19.9 Å². The van der Waals surface area contributed by atoms with Crippen LogP contribution in [0, 0.1) is 0 Å². The zero-order valence-corrected chi connectivity index (χ0v) is 16.5. The van der Waals surface area contributed by atoms with Gasteiger partial charge >= 0.3 is 0 Å². The number of nitrogens with zero attached hydrogens (tertiary/aromatic N) is 5. The van der Waals surface area contributed by atoms with E-state index >= 15 is 0 Å². The Kier molecular flexibility index (Phi) is 4.28. The van der Waals surface area contributed by atoms with Crippen molar-refractivity contribution >= 4 is 27.4 Å². The van der Waals surface area contributed by atoms with Crippen molar-refractivity contribution in [3.63, 3.8) is 0 Å². The second-order valence-corrected chi connectivity index (χ2v) is 8.58. The van der Waals surface area contributed by atoms with Crippen LogP contribution in [0.5, 0.6) is 0 Å². The minimum absolute atomic E-state index is 0.195. The molecular weight excluding hydrogens is 358 g/mol. The zero-order valence-electron chi connectivity index (χ0n) is 15.7. The molecule has 7 heteroatoms. The van der Waals surface area contributed by atoms with Gasteiger partial charge in [0.25, 0.3) is 0 Å². The quantitative estimate of drug-likeness (QED) is 0.675. The smallest absolute Gasteiger partial charge is 0.183 e. The molecular formula is C20H23N5OS. The van der Waals surface area contributed by atoms with Gasteiger partial charge < -0.3 is 9.64 Å². The molecule has 1 aliphatic carbocycles. The molecule has 3 aromatic heterocycles. The third-order valence-electron chi connectivity index (χ3n) is 5.47. The molecule has 0 spiro atoms. The van der Waals surface area contributed by atoms with E-state index in [1.807, 2.05) is 11.3 Å². The Balaban J connectivity index is 1.74. The molecule has 0 amide bonds. The van der Waals surface area contributed by atoms with E-state index in [-0.39, 0.29) is 12.1 Å². The van der Waals surface area contributed by atoms with E-state index in [0.29, 0.717) is 5.82 Å². The summed E-state index contributed by atoms with van der Waals surface area (Å²) < 4.78 is 5.86. The highest BCUT2D eigenvalue weighted by molar-refractivity contribution is 7.19. The Morgan fingerprint density at radius 1 is 1.15 bits per heavy atom. The van der Waals surface area contributed by atoms with Gasteiger partial charge in [0, 0.05) is 23.8 Å². The van der Waals surface area contributed by atoms with Crippen LogP contribution in [0.3, 0.4) is 0 Å². The van der Waals surface area contributed by atoms with Crippen molar-refractivity contribution in [1.29, 1.82) is 0 Å². The van der Waals surface area contributed by atoms with Crippen LogP contribution in [0.25, 0.3) is 21.7 Å². The summed E-state index contributed by atoms with van der Waals surface area (Å²) in [7, 11) is 0. The molecule has 1 fully saturated rings. The minimum atomic E-state index is 0.195. The third kappa shape index (κ3) is 2.99. The topological polar surface area (TPSA) is 64.0 Å². The summed E-state index contributed by atoms with van der Waals surface area (Å²) in [6.07, 6.45) is 10.1. The largest absolute Gasteiger partial charge is 0.375 e. The van der Waals surface area contributed by atoms with Crippen LogP contribution >= 0.6 is 11.3 Å². The van der Waals surface area contributed by atoms with E-state index in [2.05, 4.69) is 28.7 Å². The van der Waals surface area contributed by atoms with Crippen LogP contribution in [-0.2, 0) is 17.6 Å². The van der Waals surface area contributed by atoms with Gasteiger partial charge in [-0.2, -0.15) is 0 Å². The van der Waals surface area contributed by atoms with E-state index in [0.717, 1.165) is 42.3 Å². The molecule has 1 saturated heterocycles. The predicted molar refractivity (Wildman–Crippen MR) is 107 cm³/mol. The first-order valence-corrected chi connectivity index (χ1v) is 10.5. The summed E-state index contributed by atoms with van der Waals surface area (Å²) in [6.45, 7) is 5.90. The standard InChI is InChI=1S/C20H23N5OS/c1-12-11-26-13(2)10-25(12)19-17-14-5-3-4-6-16(14)27-20(17)24-18(23-19)15-9-21-7-8-22-15/h7-9,12-13H,3-6,10-11H2,1-2H3/t12-,13+/m0/s1. The number of morpholine rings is 1. The first-order chi connectivity index (χ1) is 13.2. The number of hydrogen-bond acceptors (Lipinski definition) is 7. The number of thiophene rings is 1. The number of rotatable bonds is 2. The zero-order chi connectivity index (χ0) is 18.4. The first kappa shape index (κ1) is 17.0. The molecule has 1 aliphatic heterocycles. The summed E-state index contributed by atoms with van der Waals surface area (Å²) in [6, 6.07) is 0.285. The van der Waals surface area contributed by atoms with Crippen molar-refractivity contribution in [2.75, 3.05) is 18.1 Å². The van der Waals surface area contributed by atoms with E-state index in [1.54, 1.807) is 18.6 Å². The molecule has 0 bridgehead atoms. The number of aryl methyl sites for hydroxylation is 2. The highest BCUT2D eigenvalue weighted by atomic mass is 32.1. The summed E-state index contributed by atoms with van der Waals surface area (Å²) in [4.78, 5) is 23.5. The first-order valence-electron chi connectivity index (χ1n) is 9.67. The Bertz CT molecular complexity index is 973. The Hall–Kier alpha value is -2.12. The van der Waals surface area contributed by atoms with Crippen molar-refractivity contribution in [2.45, 2.75) is 51.7 Å². The maximum Gasteiger partial charge on any atom is 0.183 e. The summed E-state index contributed by atoms with van der Waals surface area (Å²) in [5, 5.41) is 1.25. The van der Waals surface area contributed by atoms with E-state index in [1.165, 1.54) is 28.7 Å². The second kappa shape index (κ2) is 6.80. The molecule has 2 aliphatic rings. The highest BCUT2D eigenvalue weighted by Crippen LogP contribution is 2.41. The number of aromatic nitrogens is 4. The van der Waals surface area contributed by atoms with Crippen molar-refractivity contribution < 1.29 is 4.74 Å². The molecule has 6 nitrogen and oxygen atoms in total. The van der Waals surface area contributed by atoms with Crippen molar-refractivity contribution in [3.8, 4) is 11.5 Å². The SMILES string of the molecule is C[C@@H]1CN(c2nc(-c3cnccn3)nc3sc4c(c23)CCCC4)[C@@H](C)CO1. The molecule has 140 valence electrons. The number of anilines is 1. The van der Waals surface area contributed by atoms with Gasteiger partial charge in [-0.05, 0) is 45.1 Å². The number of ether oxygens (including phenoxy) is 1. The Morgan fingerprint density at radius 2 is 2.04 bits per heavy atom. The lowest BCUT2D eigenvalue weighted by atomic mass is 9.96. The van der Waals surface area contributed by atoms with Crippen LogP contribution in [0.15, 0.2) is 18.6 Å². The second-order valence-electron chi connectivity index (χ2n) is 7.50. The van der Waals surface area contributed by atoms with Crippen LogP contribution in [0.1, 0.15) is 37.1 Å². The van der Waals surface area contributed by atoms with Gasteiger partial charge in [0.2, 0.25) is 0 Å². The van der Waals surface area contributed by atoms with Gasteiger partial charge in [0.05, 0.1) is 30.3 Å². The summed E-state index contributed by atoms with van der Waals surface area (Å²) >= 11 is 1.83. The fourth-order valence-electron chi connectivity index (χ4n) is 4.07. The third-order valence-corrected chi connectivity index (χ3v) is 6.65. The van der Waals surface area contributed by atoms with Gasteiger partial charge in [0.1, 0.15) is 16.3 Å². The van der Waals surface area contributed by atoms with Gasteiger partial charge in [-0.25, -0.2) is 15.0 Å². The predicted octanol–water partition coefficient (Wildman–Crippen LogP) is 3.64. The summed E-state index contributed by atoms with van der Waals surface area (Å²) in [5.41, 5.74) is 2.19. The average Bonchev–Trinajstić information content (AvgIpc) is 3.08. The Morgan fingerprint density at radius 3 is 2.89 bits per heavy atom. The molecule has 0 saturated carbocycles. The van der Waals surface area contributed by atoms with Gasteiger partial charge in [0.15, 0.2) is 5.82 Å². The maximum absolute atomic E-state index is 5.86. The summed E-state index contributed by atoms with van der Waals surface area (Å²) in [5.74, 6) is 1.71. The fraction of sp³-hybridized carbons (Fsp3) is 0.500. The van der Waals surface area contributed by atoms with Crippen LogP contribution in [-0.4, -0.2) is 45.2 Å². The lowest BCUT2D eigenvalue weighted by molar-refractivity contribution is 0.0342. The van der Waals surface area contributed by atoms with E-state index in [9.17, 15) is 0 Å². The van der Waals surface area contributed by atoms with Crippen LogP contribution < -0.4 is 4.90 Å². The van der Waals surface area contributed by atoms with Crippen LogP contribution in [0.2, 0.25) is 0 Å². The molecule has 0 radical (unpaired) electrons. The average molecular weight is 382 g/mol. The van der Waals surface area contributed by atoms with Crippen molar-refractivity contribution in [3.05, 3.63) is 29.0 Å². The molecule has 2 atom stereocenters.